The van der Waals surface area contributed by atoms with Gasteiger partial charge < -0.3 is 14.4 Å². The molecular formula is C26H28F2N4O3. The molecule has 184 valence electrons. The van der Waals surface area contributed by atoms with Gasteiger partial charge in [0.15, 0.2) is 5.65 Å². The molecule has 0 saturated heterocycles. The largest absolute Gasteiger partial charge is 0.479 e. The Hall–Kier alpha value is -3.33. The average Bonchev–Trinajstić information content (AvgIpc) is 3.41. The Morgan fingerprint density at radius 1 is 1.29 bits per heavy atom. The number of carbonyl (C=O) groups is 1. The summed E-state index contributed by atoms with van der Waals surface area (Å²) < 4.78 is 36.4. The van der Waals surface area contributed by atoms with Crippen LogP contribution in [0.25, 0.3) is 27.8 Å². The number of carboxylic acids is 1. The second-order valence-corrected chi connectivity index (χ2v) is 10.1. The molecule has 3 aromatic heterocycles. The first kappa shape index (κ1) is 23.4. The number of nitrogens with zero attached hydrogens (tertiary/aromatic N) is 3. The Kier molecular flexibility index (Phi) is 5.62. The second kappa shape index (κ2) is 8.41. The third-order valence-electron chi connectivity index (χ3n) is 7.18. The number of aromatic amines is 1. The number of hydrogen-bond acceptors (Lipinski definition) is 4. The van der Waals surface area contributed by atoms with Gasteiger partial charge in [0.2, 0.25) is 5.67 Å². The Labute approximate surface area is 201 Å². The number of H-pyrrole nitrogens is 1. The van der Waals surface area contributed by atoms with Crippen LogP contribution >= 0.6 is 0 Å². The number of rotatable bonds is 6. The van der Waals surface area contributed by atoms with Crippen LogP contribution in [0, 0.1) is 5.82 Å². The van der Waals surface area contributed by atoms with Gasteiger partial charge in [-0.2, -0.15) is 5.10 Å². The Morgan fingerprint density at radius 3 is 2.60 bits per heavy atom. The molecule has 0 spiro atoms. The van der Waals surface area contributed by atoms with Crippen LogP contribution < -0.4 is 0 Å². The van der Waals surface area contributed by atoms with Gasteiger partial charge >= 0.3 is 5.97 Å². The van der Waals surface area contributed by atoms with E-state index in [0.717, 1.165) is 33.4 Å². The number of pyridine rings is 1. The molecule has 9 heteroatoms. The van der Waals surface area contributed by atoms with Crippen molar-refractivity contribution in [2.75, 3.05) is 13.7 Å². The van der Waals surface area contributed by atoms with Gasteiger partial charge in [-0.1, -0.05) is 13.8 Å². The monoisotopic (exact) mass is 482 g/mol. The van der Waals surface area contributed by atoms with Crippen LogP contribution in [0.2, 0.25) is 0 Å². The van der Waals surface area contributed by atoms with E-state index in [1.165, 1.54) is 12.1 Å². The van der Waals surface area contributed by atoms with Crippen LogP contribution in [0.15, 0.2) is 36.5 Å². The molecule has 3 heterocycles. The highest BCUT2D eigenvalue weighted by Crippen LogP contribution is 2.47. The molecule has 1 fully saturated rings. The van der Waals surface area contributed by atoms with Crippen LogP contribution in [-0.4, -0.2) is 50.2 Å². The van der Waals surface area contributed by atoms with Gasteiger partial charge in [0.05, 0.1) is 23.8 Å². The van der Waals surface area contributed by atoms with Crippen molar-refractivity contribution < 1.29 is 23.4 Å². The second-order valence-electron chi connectivity index (χ2n) is 10.1. The number of halogens is 2. The summed E-state index contributed by atoms with van der Waals surface area (Å²) in [4.78, 5) is 16.4. The van der Waals surface area contributed by atoms with Gasteiger partial charge in [-0.15, -0.1) is 0 Å². The number of methoxy groups -OCH3 is 1. The standard InChI is InChI=1S/C26H28F2N4O3/c1-25(2,14-35-3)22-20(15-8-10-26(28,11-9-15)24(33)34)21-19(12-16-13-29-31-23(16)30-21)32(22)18-6-4-17(27)5-7-18/h4-7,12-13,15H,8-11,14H2,1-3H3,(H,33,34)(H,29,30,31)/t15-,26+. The molecule has 0 bridgehead atoms. The Morgan fingerprint density at radius 2 is 1.97 bits per heavy atom. The molecule has 2 N–H and O–H groups in total. The quantitative estimate of drug-likeness (QED) is 0.383. The van der Waals surface area contributed by atoms with Gasteiger partial charge in [0, 0.05) is 34.9 Å². The number of alkyl halides is 1. The zero-order valence-electron chi connectivity index (χ0n) is 19.9. The van der Waals surface area contributed by atoms with Gasteiger partial charge in [0.1, 0.15) is 5.82 Å². The fraction of sp³-hybridized carbons (Fsp3) is 0.423. The fourth-order valence-electron chi connectivity index (χ4n) is 5.51. The summed E-state index contributed by atoms with van der Waals surface area (Å²) in [5.41, 5.74) is 2.18. The maximum absolute atomic E-state index is 14.9. The lowest BCUT2D eigenvalue weighted by atomic mass is 9.74. The smallest absolute Gasteiger partial charge is 0.341 e. The molecule has 35 heavy (non-hydrogen) atoms. The topological polar surface area (TPSA) is 93.0 Å². The van der Waals surface area contributed by atoms with E-state index in [1.807, 2.05) is 6.07 Å². The van der Waals surface area contributed by atoms with E-state index in [9.17, 15) is 18.7 Å². The molecule has 0 atom stereocenters. The van der Waals surface area contributed by atoms with Crippen molar-refractivity contribution in [3.8, 4) is 5.69 Å². The first-order valence-corrected chi connectivity index (χ1v) is 11.7. The van der Waals surface area contributed by atoms with E-state index in [0.29, 0.717) is 25.1 Å². The molecule has 1 aromatic carbocycles. The minimum absolute atomic E-state index is 0.0628. The van der Waals surface area contributed by atoms with Crippen LogP contribution in [0.3, 0.4) is 0 Å². The van der Waals surface area contributed by atoms with Crippen LogP contribution in [-0.2, 0) is 14.9 Å². The summed E-state index contributed by atoms with van der Waals surface area (Å²) >= 11 is 0. The van der Waals surface area contributed by atoms with Crippen molar-refractivity contribution in [1.29, 1.82) is 0 Å². The van der Waals surface area contributed by atoms with Crippen molar-refractivity contribution >= 4 is 28.0 Å². The normalized spacial score (nSPS) is 21.1. The van der Waals surface area contributed by atoms with E-state index in [1.54, 1.807) is 25.4 Å². The van der Waals surface area contributed by atoms with Crippen molar-refractivity contribution in [1.82, 2.24) is 19.7 Å². The fourth-order valence-corrected chi connectivity index (χ4v) is 5.51. The highest BCUT2D eigenvalue weighted by atomic mass is 19.1. The van der Waals surface area contributed by atoms with E-state index in [-0.39, 0.29) is 24.6 Å². The zero-order chi connectivity index (χ0) is 25.0. The molecule has 5 rings (SSSR count). The third-order valence-corrected chi connectivity index (χ3v) is 7.18. The molecule has 4 aromatic rings. The molecular weight excluding hydrogens is 454 g/mol. The lowest BCUT2D eigenvalue weighted by molar-refractivity contribution is -0.153. The zero-order valence-corrected chi connectivity index (χ0v) is 19.9. The molecule has 1 saturated carbocycles. The lowest BCUT2D eigenvalue weighted by Gasteiger charge is -2.34. The van der Waals surface area contributed by atoms with E-state index >= 15 is 0 Å². The molecule has 1 aliphatic carbocycles. The number of aromatic nitrogens is 4. The van der Waals surface area contributed by atoms with Crippen LogP contribution in [0.4, 0.5) is 8.78 Å². The number of benzene rings is 1. The van der Waals surface area contributed by atoms with Gasteiger partial charge in [0.25, 0.3) is 0 Å². The third kappa shape index (κ3) is 3.87. The minimum atomic E-state index is -2.21. The van der Waals surface area contributed by atoms with Gasteiger partial charge in [-0.3, -0.25) is 5.10 Å². The highest BCUT2D eigenvalue weighted by molar-refractivity contribution is 5.94. The Balaban J connectivity index is 1.80. The summed E-state index contributed by atoms with van der Waals surface area (Å²) in [5, 5.41) is 17.3. The number of fused-ring (bicyclic) bond motifs is 2. The predicted octanol–water partition coefficient (Wildman–Crippen LogP) is 5.42. The summed E-state index contributed by atoms with van der Waals surface area (Å²) in [6.07, 6.45) is 2.34. The molecule has 1 aliphatic rings. The van der Waals surface area contributed by atoms with Crippen molar-refractivity contribution in [2.45, 2.75) is 56.5 Å². The molecule has 0 aliphatic heterocycles. The SMILES string of the molecule is COCC(C)(C)c1c([C@H]2CC[C@](F)(C(=O)O)CC2)c2nc3[nH]ncc3cc2n1-c1ccc(F)cc1. The Bertz CT molecular complexity index is 1400. The predicted molar refractivity (Wildman–Crippen MR) is 128 cm³/mol. The maximum atomic E-state index is 14.9. The van der Waals surface area contributed by atoms with E-state index in [2.05, 4.69) is 28.6 Å². The molecule has 0 amide bonds. The van der Waals surface area contributed by atoms with Crippen LogP contribution in [0.5, 0.6) is 0 Å². The van der Waals surface area contributed by atoms with Crippen molar-refractivity contribution in [2.24, 2.45) is 0 Å². The van der Waals surface area contributed by atoms with Gasteiger partial charge in [-0.25, -0.2) is 18.6 Å². The van der Waals surface area contributed by atoms with Crippen molar-refractivity contribution in [3.63, 3.8) is 0 Å². The minimum Gasteiger partial charge on any atom is -0.479 e. The molecule has 0 unspecified atom stereocenters. The summed E-state index contributed by atoms with van der Waals surface area (Å²) in [5.74, 6) is -1.83. The average molecular weight is 483 g/mol. The summed E-state index contributed by atoms with van der Waals surface area (Å²) in [6, 6.07) is 8.29. The number of ether oxygens (including phenoxy) is 1. The lowest BCUT2D eigenvalue weighted by Crippen LogP contribution is -2.38. The van der Waals surface area contributed by atoms with E-state index in [4.69, 9.17) is 9.72 Å². The first-order chi connectivity index (χ1) is 16.6. The maximum Gasteiger partial charge on any atom is 0.341 e. The summed E-state index contributed by atoms with van der Waals surface area (Å²) in [7, 11) is 1.64. The number of aliphatic carboxylic acids is 1. The summed E-state index contributed by atoms with van der Waals surface area (Å²) in [6.45, 7) is 4.55. The van der Waals surface area contributed by atoms with Crippen LogP contribution in [0.1, 0.15) is 56.7 Å². The van der Waals surface area contributed by atoms with Crippen molar-refractivity contribution in [3.05, 3.63) is 53.6 Å². The number of nitrogens with one attached hydrogen (secondary N) is 1. The number of hydrogen-bond donors (Lipinski definition) is 2. The first-order valence-electron chi connectivity index (χ1n) is 11.7. The highest BCUT2D eigenvalue weighted by Gasteiger charge is 2.45. The van der Waals surface area contributed by atoms with Gasteiger partial charge in [-0.05, 0) is 61.9 Å². The number of carboxylic acid groups (broad SMARTS) is 1. The molecule has 0 radical (unpaired) electrons. The molecule has 7 nitrogen and oxygen atoms in total. The van der Waals surface area contributed by atoms with E-state index < -0.39 is 17.1 Å².